The predicted octanol–water partition coefficient (Wildman–Crippen LogP) is 4.12. The maximum absolute atomic E-state index is 12.6. The van der Waals surface area contributed by atoms with E-state index in [1.807, 2.05) is 69.4 Å². The van der Waals surface area contributed by atoms with E-state index >= 15 is 0 Å². The number of ether oxygens (including phenoxy) is 1. The molecule has 0 aliphatic carbocycles. The minimum Gasteiger partial charge on any atom is -0.481 e. The number of nitrogens with zero attached hydrogens (tertiary/aromatic N) is 1. The van der Waals surface area contributed by atoms with Crippen molar-refractivity contribution in [3.63, 3.8) is 0 Å². The molecule has 0 fully saturated rings. The second-order valence-electron chi connectivity index (χ2n) is 5.94. The lowest BCUT2D eigenvalue weighted by Gasteiger charge is -2.24. The van der Waals surface area contributed by atoms with Gasteiger partial charge in [-0.05, 0) is 49.1 Å². The molecule has 0 aromatic heterocycles. The van der Waals surface area contributed by atoms with Crippen LogP contribution in [0.4, 0.5) is 0 Å². The summed E-state index contributed by atoms with van der Waals surface area (Å²) in [4.78, 5) is 14.4. The molecule has 1 atom stereocenters. The molecule has 0 saturated heterocycles. The second-order valence-corrected chi connectivity index (χ2v) is 5.94. The third kappa shape index (κ3) is 4.59. The molecule has 0 aliphatic heterocycles. The third-order valence-corrected chi connectivity index (χ3v) is 4.04. The first-order chi connectivity index (χ1) is 11.0. The Morgan fingerprint density at radius 3 is 2.39 bits per heavy atom. The molecule has 0 spiro atoms. The second kappa shape index (κ2) is 7.82. The average molecular weight is 311 g/mol. The molecule has 0 aliphatic rings. The molecule has 2 rings (SSSR count). The van der Waals surface area contributed by atoms with E-state index in [0.717, 1.165) is 11.3 Å². The molecule has 1 amide bonds. The normalized spacial score (nSPS) is 11.8. The number of hydrogen-bond donors (Lipinski definition) is 0. The van der Waals surface area contributed by atoms with E-state index in [0.29, 0.717) is 13.0 Å². The van der Waals surface area contributed by atoms with Gasteiger partial charge in [-0.3, -0.25) is 4.79 Å². The molecule has 122 valence electrons. The van der Waals surface area contributed by atoms with Crippen molar-refractivity contribution >= 4 is 5.91 Å². The van der Waals surface area contributed by atoms with E-state index in [4.69, 9.17) is 4.74 Å². The SMILES string of the molecule is CC[C@@H](Oc1ccc(C)c(C)c1)C(=O)N(C)Cc1ccccc1. The van der Waals surface area contributed by atoms with Crippen LogP contribution in [0.5, 0.6) is 5.75 Å². The van der Waals surface area contributed by atoms with Crippen molar-refractivity contribution in [2.24, 2.45) is 0 Å². The lowest BCUT2D eigenvalue weighted by molar-refractivity contribution is -0.138. The zero-order chi connectivity index (χ0) is 16.8. The maximum Gasteiger partial charge on any atom is 0.263 e. The van der Waals surface area contributed by atoms with E-state index in [-0.39, 0.29) is 5.91 Å². The van der Waals surface area contributed by atoms with Crippen LogP contribution in [0, 0.1) is 13.8 Å². The number of carbonyl (C=O) groups excluding carboxylic acids is 1. The molecular formula is C20H25NO2. The van der Waals surface area contributed by atoms with Gasteiger partial charge in [0.2, 0.25) is 0 Å². The Kier molecular flexibility index (Phi) is 5.80. The van der Waals surface area contributed by atoms with Crippen LogP contribution in [-0.2, 0) is 11.3 Å². The Balaban J connectivity index is 2.04. The minimum absolute atomic E-state index is 0.00887. The average Bonchev–Trinajstić information content (AvgIpc) is 2.56. The molecule has 0 bridgehead atoms. The van der Waals surface area contributed by atoms with Crippen molar-refractivity contribution in [1.29, 1.82) is 0 Å². The smallest absolute Gasteiger partial charge is 0.263 e. The van der Waals surface area contributed by atoms with Crippen molar-refractivity contribution in [1.82, 2.24) is 4.90 Å². The predicted molar refractivity (Wildman–Crippen MR) is 93.5 cm³/mol. The molecule has 3 nitrogen and oxygen atoms in total. The molecule has 0 radical (unpaired) electrons. The number of rotatable bonds is 6. The highest BCUT2D eigenvalue weighted by Gasteiger charge is 2.22. The first kappa shape index (κ1) is 17.1. The van der Waals surface area contributed by atoms with Crippen LogP contribution in [0.1, 0.15) is 30.0 Å². The summed E-state index contributed by atoms with van der Waals surface area (Å²) in [7, 11) is 1.82. The number of amides is 1. The monoisotopic (exact) mass is 311 g/mol. The molecule has 0 N–H and O–H groups in total. The molecule has 2 aromatic rings. The van der Waals surface area contributed by atoms with Gasteiger partial charge in [-0.15, -0.1) is 0 Å². The van der Waals surface area contributed by atoms with Gasteiger partial charge in [0.25, 0.3) is 5.91 Å². The van der Waals surface area contributed by atoms with Gasteiger partial charge in [-0.25, -0.2) is 0 Å². The standard InChI is InChI=1S/C20H25NO2/c1-5-19(23-18-12-11-15(2)16(3)13-18)20(22)21(4)14-17-9-7-6-8-10-17/h6-13,19H,5,14H2,1-4H3/t19-/m1/s1. The fourth-order valence-corrected chi connectivity index (χ4v) is 2.44. The van der Waals surface area contributed by atoms with Gasteiger partial charge in [-0.2, -0.15) is 0 Å². The summed E-state index contributed by atoms with van der Waals surface area (Å²) >= 11 is 0. The third-order valence-electron chi connectivity index (χ3n) is 4.04. The summed E-state index contributed by atoms with van der Waals surface area (Å²) < 4.78 is 5.93. The lowest BCUT2D eigenvalue weighted by Crippen LogP contribution is -2.39. The highest BCUT2D eigenvalue weighted by atomic mass is 16.5. The molecular weight excluding hydrogens is 286 g/mol. The van der Waals surface area contributed by atoms with Gasteiger partial charge < -0.3 is 9.64 Å². The first-order valence-corrected chi connectivity index (χ1v) is 8.04. The van der Waals surface area contributed by atoms with Crippen molar-refractivity contribution in [2.45, 2.75) is 39.8 Å². The van der Waals surface area contributed by atoms with Crippen LogP contribution in [0.25, 0.3) is 0 Å². The number of carbonyl (C=O) groups is 1. The number of likely N-dealkylation sites (N-methyl/N-ethyl adjacent to an activating group) is 1. The van der Waals surface area contributed by atoms with Gasteiger partial charge >= 0.3 is 0 Å². The van der Waals surface area contributed by atoms with Gasteiger partial charge in [0.05, 0.1) is 0 Å². The lowest BCUT2D eigenvalue weighted by atomic mass is 10.1. The molecule has 0 saturated carbocycles. The Hall–Kier alpha value is -2.29. The van der Waals surface area contributed by atoms with Crippen LogP contribution < -0.4 is 4.74 Å². The zero-order valence-corrected chi connectivity index (χ0v) is 14.4. The van der Waals surface area contributed by atoms with Crippen LogP contribution in [0.2, 0.25) is 0 Å². The largest absolute Gasteiger partial charge is 0.481 e. The van der Waals surface area contributed by atoms with E-state index in [1.165, 1.54) is 11.1 Å². The summed E-state index contributed by atoms with van der Waals surface area (Å²) in [6, 6.07) is 15.9. The summed E-state index contributed by atoms with van der Waals surface area (Å²) in [5, 5.41) is 0. The maximum atomic E-state index is 12.6. The Labute approximate surface area is 138 Å². The van der Waals surface area contributed by atoms with Crippen LogP contribution in [-0.4, -0.2) is 24.0 Å². The Morgan fingerprint density at radius 1 is 1.09 bits per heavy atom. The first-order valence-electron chi connectivity index (χ1n) is 8.04. The van der Waals surface area contributed by atoms with Crippen molar-refractivity contribution in [3.8, 4) is 5.75 Å². The summed E-state index contributed by atoms with van der Waals surface area (Å²) in [6.07, 6.45) is 0.191. The molecule has 3 heteroatoms. The zero-order valence-electron chi connectivity index (χ0n) is 14.4. The van der Waals surface area contributed by atoms with Crippen molar-refractivity contribution in [3.05, 3.63) is 65.2 Å². The summed E-state index contributed by atoms with van der Waals surface area (Å²) in [6.45, 7) is 6.67. The highest BCUT2D eigenvalue weighted by Crippen LogP contribution is 2.19. The quantitative estimate of drug-likeness (QED) is 0.803. The van der Waals surface area contributed by atoms with E-state index in [2.05, 4.69) is 6.92 Å². The van der Waals surface area contributed by atoms with Crippen LogP contribution in [0.3, 0.4) is 0 Å². The molecule has 0 heterocycles. The fraction of sp³-hybridized carbons (Fsp3) is 0.350. The van der Waals surface area contributed by atoms with Gasteiger partial charge in [0.15, 0.2) is 6.10 Å². The van der Waals surface area contributed by atoms with Gasteiger partial charge in [0, 0.05) is 13.6 Å². The number of hydrogen-bond acceptors (Lipinski definition) is 2. The van der Waals surface area contributed by atoms with Gasteiger partial charge in [-0.1, -0.05) is 43.3 Å². The molecule has 2 aromatic carbocycles. The topological polar surface area (TPSA) is 29.5 Å². The van der Waals surface area contributed by atoms with Crippen LogP contribution >= 0.6 is 0 Å². The Bertz CT molecular complexity index is 652. The van der Waals surface area contributed by atoms with E-state index < -0.39 is 6.10 Å². The van der Waals surface area contributed by atoms with Crippen molar-refractivity contribution in [2.75, 3.05) is 7.05 Å². The van der Waals surface area contributed by atoms with E-state index in [1.54, 1.807) is 4.90 Å². The van der Waals surface area contributed by atoms with Crippen LogP contribution in [0.15, 0.2) is 48.5 Å². The van der Waals surface area contributed by atoms with Crippen molar-refractivity contribution < 1.29 is 9.53 Å². The molecule has 23 heavy (non-hydrogen) atoms. The highest BCUT2D eigenvalue weighted by molar-refractivity contribution is 5.81. The molecule has 0 unspecified atom stereocenters. The number of benzene rings is 2. The summed E-state index contributed by atoms with van der Waals surface area (Å²) in [5.74, 6) is 0.760. The Morgan fingerprint density at radius 2 is 1.78 bits per heavy atom. The minimum atomic E-state index is -0.453. The number of aryl methyl sites for hydroxylation is 2. The summed E-state index contributed by atoms with van der Waals surface area (Å²) in [5.41, 5.74) is 3.50. The fourth-order valence-electron chi connectivity index (χ4n) is 2.44. The van der Waals surface area contributed by atoms with E-state index in [9.17, 15) is 4.79 Å². The van der Waals surface area contributed by atoms with Gasteiger partial charge in [0.1, 0.15) is 5.75 Å².